The monoisotopic (exact) mass is 488 g/mol. The third kappa shape index (κ3) is 4.58. The van der Waals surface area contributed by atoms with Crippen LogP contribution >= 0.6 is 0 Å². The van der Waals surface area contributed by atoms with E-state index in [1.54, 1.807) is 6.92 Å². The van der Waals surface area contributed by atoms with Gasteiger partial charge in [-0.3, -0.25) is 4.79 Å². The quantitative estimate of drug-likeness (QED) is 0.422. The van der Waals surface area contributed by atoms with Crippen molar-refractivity contribution in [2.45, 2.75) is 116 Å². The molecular weight excluding hydrogens is 448 g/mol. The van der Waals surface area contributed by atoms with Crippen LogP contribution in [-0.2, 0) is 14.3 Å². The molecule has 0 radical (unpaired) electrons. The number of phenolic OH excluding ortho intramolecular Hbond substituents is 1. The molecule has 0 bridgehead atoms. The van der Waals surface area contributed by atoms with Crippen LogP contribution in [0.15, 0.2) is 11.6 Å². The van der Waals surface area contributed by atoms with Crippen LogP contribution in [0.3, 0.4) is 0 Å². The predicted octanol–water partition coefficient (Wildman–Crippen LogP) is 4.55. The number of aromatic hydroxyl groups is 1. The second kappa shape index (κ2) is 9.75. The van der Waals surface area contributed by atoms with Gasteiger partial charge in [0.2, 0.25) is 6.29 Å². The highest BCUT2D eigenvalue weighted by atomic mass is 16.7. The topological polar surface area (TPSA) is 105 Å². The van der Waals surface area contributed by atoms with Crippen molar-refractivity contribution < 1.29 is 34.3 Å². The molecule has 35 heavy (non-hydrogen) atoms. The first-order valence-corrected chi connectivity index (χ1v) is 12.8. The molecular formula is C28H40O7. The highest BCUT2D eigenvalue weighted by Gasteiger charge is 2.48. The van der Waals surface area contributed by atoms with Crippen molar-refractivity contribution in [3.63, 3.8) is 0 Å². The molecule has 0 aromatic heterocycles. The summed E-state index contributed by atoms with van der Waals surface area (Å²) in [5, 5.41) is 32.8. The minimum absolute atomic E-state index is 0.0616. The Morgan fingerprint density at radius 3 is 2.34 bits per heavy atom. The molecule has 7 nitrogen and oxygen atoms in total. The Morgan fingerprint density at radius 1 is 1.03 bits per heavy atom. The Morgan fingerprint density at radius 2 is 1.71 bits per heavy atom. The lowest BCUT2D eigenvalue weighted by atomic mass is 9.62. The number of carbonyl (C=O) groups excluding carboxylic acids is 1. The predicted molar refractivity (Wildman–Crippen MR) is 132 cm³/mol. The van der Waals surface area contributed by atoms with E-state index >= 15 is 0 Å². The van der Waals surface area contributed by atoms with Crippen LogP contribution < -0.4 is 4.74 Å². The summed E-state index contributed by atoms with van der Waals surface area (Å²) in [5.41, 5.74) is 5.50. The number of allylic oxidation sites excluding steroid dienone is 2. The fourth-order valence-corrected chi connectivity index (χ4v) is 6.45. The van der Waals surface area contributed by atoms with Gasteiger partial charge >= 0.3 is 5.97 Å². The smallest absolute Gasteiger partial charge is 0.303 e. The minimum Gasteiger partial charge on any atom is -0.504 e. The number of hydrogen-bond acceptors (Lipinski definition) is 7. The van der Waals surface area contributed by atoms with Gasteiger partial charge in [-0.2, -0.15) is 0 Å². The minimum atomic E-state index is -1.42. The molecule has 1 fully saturated rings. The van der Waals surface area contributed by atoms with Crippen molar-refractivity contribution >= 4 is 5.97 Å². The molecule has 1 aromatic carbocycles. The molecule has 0 saturated carbocycles. The van der Waals surface area contributed by atoms with Crippen LogP contribution in [0.25, 0.3) is 0 Å². The normalized spacial score (nSPS) is 36.2. The van der Waals surface area contributed by atoms with Gasteiger partial charge in [0.25, 0.3) is 0 Å². The number of carbonyl (C=O) groups is 1. The molecule has 1 saturated heterocycles. The van der Waals surface area contributed by atoms with Crippen LogP contribution in [0.1, 0.15) is 101 Å². The van der Waals surface area contributed by atoms with Crippen molar-refractivity contribution in [2.75, 3.05) is 0 Å². The first-order valence-electron chi connectivity index (χ1n) is 12.8. The van der Waals surface area contributed by atoms with Gasteiger partial charge in [0.05, 0.1) is 6.10 Å². The number of esters is 1. The highest BCUT2D eigenvalue weighted by Crippen LogP contribution is 2.58. The lowest BCUT2D eigenvalue weighted by molar-refractivity contribution is -0.272. The zero-order valence-electron chi connectivity index (χ0n) is 21.9. The fourth-order valence-electron chi connectivity index (χ4n) is 6.45. The fraction of sp³-hybridized carbons (Fsp3) is 0.679. The molecule has 0 unspecified atom stereocenters. The van der Waals surface area contributed by atoms with Gasteiger partial charge in [0.1, 0.15) is 6.10 Å². The third-order valence-corrected chi connectivity index (χ3v) is 8.11. The molecule has 1 aromatic rings. The molecule has 0 spiro atoms. The summed E-state index contributed by atoms with van der Waals surface area (Å²) in [6, 6.07) is 0. The van der Waals surface area contributed by atoms with Gasteiger partial charge in [-0.1, -0.05) is 25.5 Å². The number of aliphatic hydroxyl groups is 2. The van der Waals surface area contributed by atoms with E-state index < -0.39 is 36.7 Å². The summed E-state index contributed by atoms with van der Waals surface area (Å²) in [6.07, 6.45) is -0.334. The molecule has 3 aliphatic rings. The van der Waals surface area contributed by atoms with Crippen LogP contribution in [0.5, 0.6) is 11.5 Å². The Kier molecular flexibility index (Phi) is 7.24. The SMILES string of the molecule is CC(=O)O[C@H]1[C@H](O)[C@H](Oc2c(O)c(C)c3c4c2[C@H](C)CC[C@@H]4[C@H](C)C[C@H]3C=C(C)C)O[C@@H](C)[C@H]1O. The highest BCUT2D eigenvalue weighted by molar-refractivity contribution is 5.66. The van der Waals surface area contributed by atoms with E-state index in [2.05, 4.69) is 33.8 Å². The molecule has 1 heterocycles. The van der Waals surface area contributed by atoms with Crippen LogP contribution in [-0.4, -0.2) is 52.0 Å². The first kappa shape index (κ1) is 26.0. The molecule has 194 valence electrons. The zero-order chi connectivity index (χ0) is 25.8. The molecule has 1 aliphatic heterocycles. The van der Waals surface area contributed by atoms with E-state index in [-0.39, 0.29) is 17.6 Å². The number of phenols is 1. The summed E-state index contributed by atoms with van der Waals surface area (Å²) in [7, 11) is 0. The van der Waals surface area contributed by atoms with Crippen LogP contribution in [0.2, 0.25) is 0 Å². The number of aliphatic hydroxyl groups excluding tert-OH is 2. The summed E-state index contributed by atoms with van der Waals surface area (Å²) in [5.74, 6) is 1.04. The number of ether oxygens (including phenoxy) is 3. The van der Waals surface area contributed by atoms with Crippen molar-refractivity contribution in [1.82, 2.24) is 0 Å². The van der Waals surface area contributed by atoms with Gasteiger partial charge in [0.15, 0.2) is 23.7 Å². The van der Waals surface area contributed by atoms with Gasteiger partial charge in [-0.15, -0.1) is 0 Å². The molecule has 3 N–H and O–H groups in total. The van der Waals surface area contributed by atoms with E-state index in [0.29, 0.717) is 17.6 Å². The summed E-state index contributed by atoms with van der Waals surface area (Å²) in [6.45, 7) is 13.5. The Hall–Kier alpha value is -2.09. The zero-order valence-corrected chi connectivity index (χ0v) is 21.9. The van der Waals surface area contributed by atoms with Gasteiger partial charge in [-0.05, 0) is 81.4 Å². The van der Waals surface area contributed by atoms with Crippen LogP contribution in [0.4, 0.5) is 0 Å². The summed E-state index contributed by atoms with van der Waals surface area (Å²) in [4.78, 5) is 11.6. The maximum absolute atomic E-state index is 11.6. The molecule has 0 amide bonds. The standard InChI is InChI=1S/C28H40O7/c1-12(2)10-18-11-14(4)19-9-8-13(3)20-22(19)21(18)15(5)23(30)26(20)35-28-25(32)27(34-17(7)29)24(31)16(6)33-28/h10,13-14,16,18-19,24-25,27-28,30-32H,8-9,11H2,1-7H3/t13-,14-,16+,18-,19-,24-,25+,27-,28+/m1/s1. The Balaban J connectivity index is 1.82. The lowest BCUT2D eigenvalue weighted by Crippen LogP contribution is -2.59. The van der Waals surface area contributed by atoms with E-state index in [0.717, 1.165) is 30.4 Å². The lowest BCUT2D eigenvalue weighted by Gasteiger charge is -2.45. The molecule has 9 atom stereocenters. The first-order chi connectivity index (χ1) is 16.4. The van der Waals surface area contributed by atoms with E-state index in [1.165, 1.54) is 23.6 Å². The third-order valence-electron chi connectivity index (χ3n) is 8.11. The van der Waals surface area contributed by atoms with Crippen molar-refractivity contribution in [3.8, 4) is 11.5 Å². The number of hydrogen-bond donors (Lipinski definition) is 3. The number of benzene rings is 1. The molecule has 2 aliphatic carbocycles. The summed E-state index contributed by atoms with van der Waals surface area (Å²) < 4.78 is 17.3. The van der Waals surface area contributed by atoms with E-state index in [4.69, 9.17) is 14.2 Å². The van der Waals surface area contributed by atoms with Gasteiger partial charge in [0, 0.05) is 18.4 Å². The average molecular weight is 489 g/mol. The van der Waals surface area contributed by atoms with Gasteiger partial charge < -0.3 is 29.5 Å². The van der Waals surface area contributed by atoms with E-state index in [1.807, 2.05) is 6.92 Å². The van der Waals surface area contributed by atoms with Crippen molar-refractivity contribution in [3.05, 3.63) is 33.9 Å². The largest absolute Gasteiger partial charge is 0.504 e. The second-order valence-corrected chi connectivity index (χ2v) is 11.1. The molecule has 7 heteroatoms. The number of rotatable bonds is 4. The van der Waals surface area contributed by atoms with Crippen molar-refractivity contribution in [2.24, 2.45) is 5.92 Å². The maximum atomic E-state index is 11.6. The summed E-state index contributed by atoms with van der Waals surface area (Å²) >= 11 is 0. The second-order valence-electron chi connectivity index (χ2n) is 11.1. The van der Waals surface area contributed by atoms with Gasteiger partial charge in [-0.25, -0.2) is 0 Å². The maximum Gasteiger partial charge on any atom is 0.303 e. The van der Waals surface area contributed by atoms with E-state index in [9.17, 15) is 20.1 Å². The Labute approximate surface area is 208 Å². The van der Waals surface area contributed by atoms with Crippen LogP contribution in [0, 0.1) is 12.8 Å². The molecule has 4 rings (SSSR count). The van der Waals surface area contributed by atoms with Crippen molar-refractivity contribution in [1.29, 1.82) is 0 Å². The average Bonchev–Trinajstić information content (AvgIpc) is 2.76. The Bertz CT molecular complexity index is 1010.